The van der Waals surface area contributed by atoms with Crippen molar-refractivity contribution in [2.24, 2.45) is 0 Å². The number of nitrogens with zero attached hydrogens (tertiary/aromatic N) is 1. The standard InChI is InChI=1S/C19H24NO4P/c1-4-23-25(22,24-5-2)19(17-14-10-7-11-15-17)20(3)18(21)16-12-8-6-9-13-16/h6-15,19H,4-5H2,1-3H3. The second-order valence-electron chi connectivity index (χ2n) is 5.44. The third-order valence-corrected chi connectivity index (χ3v) is 6.20. The monoisotopic (exact) mass is 361 g/mol. The second-order valence-corrected chi connectivity index (χ2v) is 7.53. The molecule has 0 fully saturated rings. The Labute approximate surface area is 149 Å². The van der Waals surface area contributed by atoms with Gasteiger partial charge in [-0.05, 0) is 31.5 Å². The summed E-state index contributed by atoms with van der Waals surface area (Å²) in [5.41, 5.74) is 1.23. The van der Waals surface area contributed by atoms with Crippen molar-refractivity contribution < 1.29 is 18.4 Å². The highest BCUT2D eigenvalue weighted by molar-refractivity contribution is 7.54. The number of hydrogen-bond donors (Lipinski definition) is 0. The Morgan fingerprint density at radius 2 is 1.44 bits per heavy atom. The molecule has 2 rings (SSSR count). The molecule has 0 aromatic heterocycles. The summed E-state index contributed by atoms with van der Waals surface area (Å²) in [5, 5.41) is 0. The minimum absolute atomic E-state index is 0.230. The summed E-state index contributed by atoms with van der Waals surface area (Å²) in [6.07, 6.45) is 0. The van der Waals surface area contributed by atoms with Crippen LogP contribution in [0.3, 0.4) is 0 Å². The first kappa shape index (κ1) is 19.4. The van der Waals surface area contributed by atoms with Gasteiger partial charge in [0.15, 0.2) is 5.78 Å². The van der Waals surface area contributed by atoms with E-state index in [1.807, 2.05) is 36.4 Å². The van der Waals surface area contributed by atoms with Crippen LogP contribution in [0.4, 0.5) is 0 Å². The van der Waals surface area contributed by atoms with Crippen molar-refractivity contribution in [1.29, 1.82) is 0 Å². The maximum absolute atomic E-state index is 13.5. The highest BCUT2D eigenvalue weighted by Crippen LogP contribution is 2.62. The zero-order chi connectivity index (χ0) is 18.3. The highest BCUT2D eigenvalue weighted by atomic mass is 31.2. The molecule has 0 heterocycles. The van der Waals surface area contributed by atoms with Gasteiger partial charge in [-0.2, -0.15) is 0 Å². The first-order valence-electron chi connectivity index (χ1n) is 8.29. The highest BCUT2D eigenvalue weighted by Gasteiger charge is 2.41. The second kappa shape index (κ2) is 8.95. The van der Waals surface area contributed by atoms with Crippen molar-refractivity contribution in [3.8, 4) is 0 Å². The maximum Gasteiger partial charge on any atom is 0.357 e. The topological polar surface area (TPSA) is 55.8 Å². The van der Waals surface area contributed by atoms with Crippen LogP contribution < -0.4 is 0 Å². The van der Waals surface area contributed by atoms with Crippen LogP contribution in [0.5, 0.6) is 0 Å². The molecule has 0 aliphatic heterocycles. The van der Waals surface area contributed by atoms with Crippen LogP contribution in [0.15, 0.2) is 60.7 Å². The van der Waals surface area contributed by atoms with E-state index >= 15 is 0 Å². The van der Waals surface area contributed by atoms with Crippen LogP contribution in [0.1, 0.15) is 35.6 Å². The molecule has 1 atom stereocenters. The molecule has 25 heavy (non-hydrogen) atoms. The predicted octanol–water partition coefficient (Wildman–Crippen LogP) is 4.72. The molecule has 2 aromatic rings. The number of carbonyl (C=O) groups is 1. The van der Waals surface area contributed by atoms with Gasteiger partial charge >= 0.3 is 7.60 Å². The number of carbonyl (C=O) groups excluding carboxylic acids is 1. The summed E-state index contributed by atoms with van der Waals surface area (Å²) in [6.45, 7) is 3.97. The van der Waals surface area contributed by atoms with Gasteiger partial charge in [0, 0.05) is 12.6 Å². The van der Waals surface area contributed by atoms with Crippen molar-refractivity contribution in [1.82, 2.24) is 4.90 Å². The summed E-state index contributed by atoms with van der Waals surface area (Å²) in [6, 6.07) is 18.1. The minimum Gasteiger partial charge on any atom is -0.323 e. The van der Waals surface area contributed by atoms with Crippen LogP contribution in [0, 0.1) is 0 Å². The molecule has 0 N–H and O–H groups in total. The van der Waals surface area contributed by atoms with Gasteiger partial charge in [0.05, 0.1) is 13.2 Å². The van der Waals surface area contributed by atoms with Gasteiger partial charge in [0.1, 0.15) is 0 Å². The lowest BCUT2D eigenvalue weighted by molar-refractivity contribution is 0.0742. The lowest BCUT2D eigenvalue weighted by atomic mass is 10.1. The predicted molar refractivity (Wildman–Crippen MR) is 98.6 cm³/mol. The summed E-state index contributed by atoms with van der Waals surface area (Å²) in [7, 11) is -1.95. The Bertz CT molecular complexity index is 711. The zero-order valence-electron chi connectivity index (χ0n) is 14.8. The minimum atomic E-state index is -3.58. The Morgan fingerprint density at radius 3 is 1.92 bits per heavy atom. The van der Waals surface area contributed by atoms with Gasteiger partial charge in [-0.15, -0.1) is 0 Å². The molecule has 0 aliphatic rings. The molecule has 0 radical (unpaired) electrons. The molecule has 2 aromatic carbocycles. The van der Waals surface area contributed by atoms with E-state index in [0.29, 0.717) is 11.1 Å². The fraction of sp³-hybridized carbons (Fsp3) is 0.316. The number of rotatable bonds is 8. The lowest BCUT2D eigenvalue weighted by Crippen LogP contribution is -2.32. The quantitative estimate of drug-likeness (QED) is 0.638. The summed E-state index contributed by atoms with van der Waals surface area (Å²) in [4.78, 5) is 14.3. The van der Waals surface area contributed by atoms with Gasteiger partial charge in [0.2, 0.25) is 0 Å². The van der Waals surface area contributed by atoms with Crippen molar-refractivity contribution in [2.45, 2.75) is 19.6 Å². The van der Waals surface area contributed by atoms with E-state index in [1.165, 1.54) is 4.90 Å². The van der Waals surface area contributed by atoms with Crippen LogP contribution in [0.25, 0.3) is 0 Å². The normalized spacial score (nSPS) is 12.6. The number of benzene rings is 2. The summed E-state index contributed by atoms with van der Waals surface area (Å²) < 4.78 is 24.5. The average Bonchev–Trinajstić information content (AvgIpc) is 2.63. The Morgan fingerprint density at radius 1 is 0.960 bits per heavy atom. The maximum atomic E-state index is 13.5. The van der Waals surface area contributed by atoms with Gasteiger partial charge in [-0.1, -0.05) is 48.5 Å². The van der Waals surface area contributed by atoms with Gasteiger partial charge < -0.3 is 13.9 Å². The van der Waals surface area contributed by atoms with Crippen LogP contribution >= 0.6 is 7.60 Å². The zero-order valence-corrected chi connectivity index (χ0v) is 15.7. The Kier molecular flexibility index (Phi) is 6.94. The molecule has 0 bridgehead atoms. The third kappa shape index (κ3) is 4.57. The first-order valence-corrected chi connectivity index (χ1v) is 9.90. The lowest BCUT2D eigenvalue weighted by Gasteiger charge is -2.33. The molecular weight excluding hydrogens is 337 g/mol. The largest absolute Gasteiger partial charge is 0.357 e. The van der Waals surface area contributed by atoms with E-state index in [-0.39, 0.29) is 19.1 Å². The average molecular weight is 361 g/mol. The third-order valence-electron chi connectivity index (χ3n) is 3.72. The van der Waals surface area contributed by atoms with Crippen molar-refractivity contribution >= 4 is 13.5 Å². The van der Waals surface area contributed by atoms with E-state index in [1.54, 1.807) is 45.2 Å². The molecule has 1 unspecified atom stereocenters. The summed E-state index contributed by atoms with van der Waals surface area (Å²) in [5.74, 6) is -1.06. The van der Waals surface area contributed by atoms with Gasteiger partial charge in [-0.25, -0.2) is 0 Å². The number of hydrogen-bond acceptors (Lipinski definition) is 4. The Hall–Kier alpha value is -1.94. The molecule has 6 heteroatoms. The fourth-order valence-electron chi connectivity index (χ4n) is 2.68. The van der Waals surface area contributed by atoms with E-state index in [4.69, 9.17) is 9.05 Å². The molecule has 134 valence electrons. The molecule has 0 aliphatic carbocycles. The summed E-state index contributed by atoms with van der Waals surface area (Å²) >= 11 is 0. The SMILES string of the molecule is CCOP(=O)(OCC)C(c1ccccc1)N(C)C(=O)c1ccccc1. The first-order chi connectivity index (χ1) is 12.0. The smallest absolute Gasteiger partial charge is 0.323 e. The van der Waals surface area contributed by atoms with Crippen molar-refractivity contribution in [3.63, 3.8) is 0 Å². The van der Waals surface area contributed by atoms with E-state index in [9.17, 15) is 9.36 Å². The fourth-order valence-corrected chi connectivity index (χ4v) is 4.82. The van der Waals surface area contributed by atoms with E-state index in [0.717, 1.165) is 0 Å². The molecule has 1 amide bonds. The van der Waals surface area contributed by atoms with E-state index < -0.39 is 13.4 Å². The molecule has 0 saturated heterocycles. The molecule has 0 saturated carbocycles. The molecular formula is C19H24NO4P. The van der Waals surface area contributed by atoms with Crippen LogP contribution in [-0.4, -0.2) is 31.1 Å². The van der Waals surface area contributed by atoms with Crippen LogP contribution in [0.2, 0.25) is 0 Å². The number of amides is 1. The Balaban J connectivity index is 2.47. The molecule has 0 spiro atoms. The van der Waals surface area contributed by atoms with E-state index in [2.05, 4.69) is 0 Å². The van der Waals surface area contributed by atoms with Crippen LogP contribution in [-0.2, 0) is 13.6 Å². The molecule has 5 nitrogen and oxygen atoms in total. The van der Waals surface area contributed by atoms with Gasteiger partial charge in [-0.3, -0.25) is 9.36 Å². The van der Waals surface area contributed by atoms with Gasteiger partial charge in [0.25, 0.3) is 5.91 Å². The van der Waals surface area contributed by atoms with Crippen molar-refractivity contribution in [3.05, 3.63) is 71.8 Å². The van der Waals surface area contributed by atoms with Crippen molar-refractivity contribution in [2.75, 3.05) is 20.3 Å².